The van der Waals surface area contributed by atoms with Gasteiger partial charge in [-0.05, 0) is 26.0 Å². The highest BCUT2D eigenvalue weighted by molar-refractivity contribution is 5.84. The average molecular weight is 220 g/mol. The van der Waals surface area contributed by atoms with Crippen molar-refractivity contribution >= 4 is 16.9 Å². The first-order chi connectivity index (χ1) is 7.50. The molecule has 0 bridgehead atoms. The van der Waals surface area contributed by atoms with Crippen molar-refractivity contribution in [1.82, 2.24) is 0 Å². The van der Waals surface area contributed by atoms with E-state index in [0.29, 0.717) is 11.3 Å². The molecule has 4 nitrogen and oxygen atoms in total. The van der Waals surface area contributed by atoms with Crippen molar-refractivity contribution in [2.75, 3.05) is 0 Å². The number of benzene rings is 1. The van der Waals surface area contributed by atoms with E-state index in [-0.39, 0.29) is 0 Å². The van der Waals surface area contributed by atoms with Crippen LogP contribution in [0.15, 0.2) is 34.9 Å². The quantitative estimate of drug-likeness (QED) is 0.863. The van der Waals surface area contributed by atoms with Crippen molar-refractivity contribution in [3.63, 3.8) is 0 Å². The molecule has 0 radical (unpaired) electrons. The molecule has 4 heteroatoms. The lowest BCUT2D eigenvalue weighted by molar-refractivity contribution is -0.152. The molecule has 0 aliphatic rings. The first kappa shape index (κ1) is 10.5. The molecule has 1 heterocycles. The maximum absolute atomic E-state index is 10.9. The van der Waals surface area contributed by atoms with Gasteiger partial charge in [-0.3, -0.25) is 0 Å². The summed E-state index contributed by atoms with van der Waals surface area (Å²) in [6.45, 7) is 2.99. The second-order valence-electron chi connectivity index (χ2n) is 4.01. The number of aliphatic carboxylic acids is 1. The van der Waals surface area contributed by atoms with E-state index >= 15 is 0 Å². The maximum Gasteiger partial charge on any atom is 0.347 e. The first-order valence-electron chi connectivity index (χ1n) is 4.89. The molecule has 0 spiro atoms. The monoisotopic (exact) mass is 220 g/mol. The predicted molar refractivity (Wildman–Crippen MR) is 58.6 cm³/mol. The van der Waals surface area contributed by atoms with Crippen molar-refractivity contribution in [2.45, 2.75) is 19.4 Å². The van der Waals surface area contributed by atoms with E-state index in [9.17, 15) is 4.79 Å². The molecule has 0 aliphatic heterocycles. The summed E-state index contributed by atoms with van der Waals surface area (Å²) in [4.78, 5) is 10.9. The molecule has 0 atom stereocenters. The number of ether oxygens (including phenoxy) is 1. The van der Waals surface area contributed by atoms with Gasteiger partial charge in [-0.15, -0.1) is 0 Å². The second-order valence-corrected chi connectivity index (χ2v) is 4.01. The smallest absolute Gasteiger partial charge is 0.347 e. The highest BCUT2D eigenvalue weighted by Crippen LogP contribution is 2.29. The summed E-state index contributed by atoms with van der Waals surface area (Å²) in [7, 11) is 0. The Morgan fingerprint density at radius 1 is 1.38 bits per heavy atom. The molecule has 0 aliphatic carbocycles. The molecule has 0 amide bonds. The van der Waals surface area contributed by atoms with Crippen LogP contribution in [0.3, 0.4) is 0 Å². The molecule has 84 valence electrons. The van der Waals surface area contributed by atoms with E-state index in [4.69, 9.17) is 14.3 Å². The first-order valence-corrected chi connectivity index (χ1v) is 4.89. The standard InChI is InChI=1S/C12H12O4/c1-12(2,11(13)14)16-9-5-3-4-8-6-7-15-10(8)9/h3-7H,1-2H3,(H,13,14). The number of hydrogen-bond acceptors (Lipinski definition) is 3. The highest BCUT2D eigenvalue weighted by Gasteiger charge is 2.30. The fraction of sp³-hybridized carbons (Fsp3) is 0.250. The summed E-state index contributed by atoms with van der Waals surface area (Å²) in [6, 6.07) is 7.16. The molecule has 0 saturated carbocycles. The van der Waals surface area contributed by atoms with E-state index in [1.165, 1.54) is 13.8 Å². The summed E-state index contributed by atoms with van der Waals surface area (Å²) >= 11 is 0. The van der Waals surface area contributed by atoms with E-state index in [2.05, 4.69) is 0 Å². The van der Waals surface area contributed by atoms with Crippen LogP contribution in [0.1, 0.15) is 13.8 Å². The van der Waals surface area contributed by atoms with Crippen LogP contribution in [0.5, 0.6) is 5.75 Å². The second kappa shape index (κ2) is 3.56. The lowest BCUT2D eigenvalue weighted by Gasteiger charge is -2.21. The summed E-state index contributed by atoms with van der Waals surface area (Å²) < 4.78 is 10.7. The van der Waals surface area contributed by atoms with Crippen molar-refractivity contribution in [3.05, 3.63) is 30.5 Å². The zero-order chi connectivity index (χ0) is 11.8. The molecule has 16 heavy (non-hydrogen) atoms. The molecular weight excluding hydrogens is 208 g/mol. The maximum atomic E-state index is 10.9. The van der Waals surface area contributed by atoms with Gasteiger partial charge >= 0.3 is 5.97 Å². The number of furan rings is 1. The largest absolute Gasteiger partial charge is 0.478 e. The number of carboxylic acid groups (broad SMARTS) is 1. The summed E-state index contributed by atoms with van der Waals surface area (Å²) in [5, 5.41) is 9.86. The van der Waals surface area contributed by atoms with E-state index in [1.807, 2.05) is 6.07 Å². The van der Waals surface area contributed by atoms with Gasteiger partial charge in [0.05, 0.1) is 6.26 Å². The van der Waals surface area contributed by atoms with Crippen molar-refractivity contribution in [1.29, 1.82) is 0 Å². The molecule has 2 aromatic rings. The Morgan fingerprint density at radius 2 is 2.12 bits per heavy atom. The Kier molecular flexibility index (Phi) is 2.34. The van der Waals surface area contributed by atoms with Gasteiger partial charge in [-0.25, -0.2) is 4.79 Å². The number of carboxylic acids is 1. The van der Waals surface area contributed by atoms with Crippen molar-refractivity contribution < 1.29 is 19.1 Å². The van der Waals surface area contributed by atoms with Gasteiger partial charge in [-0.2, -0.15) is 0 Å². The highest BCUT2D eigenvalue weighted by atomic mass is 16.5. The van der Waals surface area contributed by atoms with Crippen LogP contribution in [-0.2, 0) is 4.79 Å². The van der Waals surface area contributed by atoms with Gasteiger partial charge in [0.15, 0.2) is 16.9 Å². The van der Waals surface area contributed by atoms with E-state index in [1.54, 1.807) is 24.5 Å². The van der Waals surface area contributed by atoms with E-state index < -0.39 is 11.6 Å². The number of para-hydroxylation sites is 1. The predicted octanol–water partition coefficient (Wildman–Crippen LogP) is 2.67. The molecular formula is C12H12O4. The minimum absolute atomic E-state index is 0.440. The number of rotatable bonds is 3. The molecule has 0 unspecified atom stereocenters. The van der Waals surface area contributed by atoms with Crippen LogP contribution in [0, 0.1) is 0 Å². The number of hydrogen-bond donors (Lipinski definition) is 1. The molecule has 0 saturated heterocycles. The molecule has 0 fully saturated rings. The molecule has 1 aromatic carbocycles. The zero-order valence-electron chi connectivity index (χ0n) is 9.06. The van der Waals surface area contributed by atoms with E-state index in [0.717, 1.165) is 5.39 Å². The Labute approximate surface area is 92.4 Å². The van der Waals surface area contributed by atoms with Gasteiger partial charge in [-0.1, -0.05) is 12.1 Å². The van der Waals surface area contributed by atoms with Crippen molar-refractivity contribution in [3.8, 4) is 5.75 Å². The van der Waals surface area contributed by atoms with Gasteiger partial charge < -0.3 is 14.3 Å². The average Bonchev–Trinajstić information content (AvgIpc) is 2.65. The fourth-order valence-corrected chi connectivity index (χ4v) is 1.36. The Morgan fingerprint density at radius 3 is 2.81 bits per heavy atom. The van der Waals surface area contributed by atoms with Crippen LogP contribution in [0.25, 0.3) is 11.0 Å². The number of fused-ring (bicyclic) bond motifs is 1. The molecule has 1 aromatic heterocycles. The fourth-order valence-electron chi connectivity index (χ4n) is 1.36. The topological polar surface area (TPSA) is 59.7 Å². The van der Waals surface area contributed by atoms with Gasteiger partial charge in [0.25, 0.3) is 0 Å². The van der Waals surface area contributed by atoms with Crippen molar-refractivity contribution in [2.24, 2.45) is 0 Å². The molecule has 2 rings (SSSR count). The minimum Gasteiger partial charge on any atom is -0.478 e. The summed E-state index contributed by atoms with van der Waals surface area (Å²) in [5.74, 6) is -0.578. The Hall–Kier alpha value is -1.97. The third kappa shape index (κ3) is 1.74. The van der Waals surface area contributed by atoms with Crippen LogP contribution in [0.4, 0.5) is 0 Å². The minimum atomic E-state index is -1.28. The third-order valence-electron chi connectivity index (χ3n) is 2.32. The Bertz CT molecular complexity index is 525. The number of carbonyl (C=O) groups is 1. The Balaban J connectivity index is 2.41. The van der Waals surface area contributed by atoms with Crippen LogP contribution in [0.2, 0.25) is 0 Å². The van der Waals surface area contributed by atoms with Gasteiger partial charge in [0, 0.05) is 5.39 Å². The van der Waals surface area contributed by atoms with Crippen LogP contribution >= 0.6 is 0 Å². The lowest BCUT2D eigenvalue weighted by atomic mass is 10.1. The summed E-state index contributed by atoms with van der Waals surface area (Å²) in [5.41, 5.74) is -0.710. The summed E-state index contributed by atoms with van der Waals surface area (Å²) in [6.07, 6.45) is 1.55. The van der Waals surface area contributed by atoms with Crippen LogP contribution in [-0.4, -0.2) is 16.7 Å². The van der Waals surface area contributed by atoms with Gasteiger partial charge in [0.2, 0.25) is 0 Å². The van der Waals surface area contributed by atoms with Crippen LogP contribution < -0.4 is 4.74 Å². The van der Waals surface area contributed by atoms with Gasteiger partial charge in [0.1, 0.15) is 0 Å². The normalized spacial score (nSPS) is 11.6. The zero-order valence-corrected chi connectivity index (χ0v) is 9.06. The SMILES string of the molecule is CC(C)(Oc1cccc2ccoc12)C(=O)O. The third-order valence-corrected chi connectivity index (χ3v) is 2.32. The lowest BCUT2D eigenvalue weighted by Crippen LogP contribution is -2.37. The molecule has 1 N–H and O–H groups in total.